The lowest BCUT2D eigenvalue weighted by Gasteiger charge is -2.14. The minimum absolute atomic E-state index is 0.211. The third-order valence-corrected chi connectivity index (χ3v) is 2.56. The molecule has 2 N–H and O–H groups in total. The second-order valence-corrected chi connectivity index (χ2v) is 4.10. The number of aliphatic hydroxyl groups excluding tert-OH is 1. The van der Waals surface area contributed by atoms with Crippen LogP contribution in [-0.4, -0.2) is 37.5 Å². The Kier molecular flexibility index (Phi) is 7.22. The molecule has 1 rings (SSSR count). The predicted octanol–water partition coefficient (Wildman–Crippen LogP) is 1.82. The summed E-state index contributed by atoms with van der Waals surface area (Å²) in [5.74, 6) is 1.55. The molecule has 0 heterocycles. The van der Waals surface area contributed by atoms with Crippen molar-refractivity contribution in [1.82, 2.24) is 5.32 Å². The molecule has 0 spiro atoms. The van der Waals surface area contributed by atoms with E-state index in [0.29, 0.717) is 19.3 Å². The van der Waals surface area contributed by atoms with Crippen LogP contribution in [0.4, 0.5) is 0 Å². The summed E-state index contributed by atoms with van der Waals surface area (Å²) in [5, 5.41) is 12.1. The zero-order valence-corrected chi connectivity index (χ0v) is 11.2. The van der Waals surface area contributed by atoms with Crippen LogP contribution in [0.1, 0.15) is 20.3 Å². The van der Waals surface area contributed by atoms with E-state index in [9.17, 15) is 0 Å². The molecular weight excluding hydrogens is 230 g/mol. The Morgan fingerprint density at radius 1 is 1.22 bits per heavy atom. The number of benzene rings is 1. The second-order valence-electron chi connectivity index (χ2n) is 4.10. The monoisotopic (exact) mass is 253 g/mol. The highest BCUT2D eigenvalue weighted by atomic mass is 16.5. The molecule has 0 saturated heterocycles. The van der Waals surface area contributed by atoms with Gasteiger partial charge in [0, 0.05) is 19.2 Å². The SMILES string of the molecule is CCOc1ccccc1OCCNC(C)CCO. The number of hydrogen-bond donors (Lipinski definition) is 2. The maximum Gasteiger partial charge on any atom is 0.161 e. The van der Waals surface area contributed by atoms with Crippen LogP contribution in [0.3, 0.4) is 0 Å². The Morgan fingerprint density at radius 2 is 1.89 bits per heavy atom. The Labute approximate surface area is 109 Å². The van der Waals surface area contributed by atoms with Gasteiger partial charge in [0.15, 0.2) is 11.5 Å². The molecule has 1 aromatic rings. The number of rotatable bonds is 9. The predicted molar refractivity (Wildman–Crippen MR) is 72.3 cm³/mol. The fraction of sp³-hybridized carbons (Fsp3) is 0.571. The average Bonchev–Trinajstić information content (AvgIpc) is 2.37. The van der Waals surface area contributed by atoms with Gasteiger partial charge in [0.2, 0.25) is 0 Å². The van der Waals surface area contributed by atoms with Crippen molar-refractivity contribution in [3.8, 4) is 11.5 Å². The van der Waals surface area contributed by atoms with Gasteiger partial charge in [-0.05, 0) is 32.4 Å². The highest BCUT2D eigenvalue weighted by molar-refractivity contribution is 5.39. The standard InChI is InChI=1S/C14H23NO3/c1-3-17-13-6-4-5-7-14(13)18-11-9-15-12(2)8-10-16/h4-7,12,15-16H,3,8-11H2,1-2H3. The minimum atomic E-state index is 0.211. The van der Waals surface area contributed by atoms with Gasteiger partial charge >= 0.3 is 0 Å². The lowest BCUT2D eigenvalue weighted by Crippen LogP contribution is -2.30. The first kappa shape index (κ1) is 14.8. The van der Waals surface area contributed by atoms with Gasteiger partial charge in [0.25, 0.3) is 0 Å². The molecule has 1 atom stereocenters. The fourth-order valence-corrected chi connectivity index (χ4v) is 1.61. The third kappa shape index (κ3) is 5.38. The van der Waals surface area contributed by atoms with Crippen LogP contribution in [0.25, 0.3) is 0 Å². The molecule has 0 aliphatic heterocycles. The molecule has 0 aliphatic carbocycles. The van der Waals surface area contributed by atoms with E-state index in [0.717, 1.165) is 24.5 Å². The molecule has 0 fully saturated rings. The zero-order chi connectivity index (χ0) is 13.2. The maximum atomic E-state index is 8.78. The van der Waals surface area contributed by atoms with E-state index in [2.05, 4.69) is 5.32 Å². The van der Waals surface area contributed by atoms with Crippen molar-refractivity contribution in [1.29, 1.82) is 0 Å². The van der Waals surface area contributed by atoms with Crippen molar-refractivity contribution in [2.24, 2.45) is 0 Å². The molecule has 0 aliphatic rings. The summed E-state index contributed by atoms with van der Waals surface area (Å²) in [6.07, 6.45) is 0.759. The van der Waals surface area contributed by atoms with Gasteiger partial charge in [-0.3, -0.25) is 0 Å². The number of nitrogens with one attached hydrogen (secondary N) is 1. The van der Waals surface area contributed by atoms with Gasteiger partial charge in [-0.1, -0.05) is 12.1 Å². The van der Waals surface area contributed by atoms with E-state index >= 15 is 0 Å². The Hall–Kier alpha value is -1.26. The van der Waals surface area contributed by atoms with Gasteiger partial charge < -0.3 is 19.9 Å². The highest BCUT2D eigenvalue weighted by Gasteiger charge is 2.03. The van der Waals surface area contributed by atoms with Crippen LogP contribution in [-0.2, 0) is 0 Å². The highest BCUT2D eigenvalue weighted by Crippen LogP contribution is 2.25. The quantitative estimate of drug-likeness (QED) is 0.659. The van der Waals surface area contributed by atoms with Gasteiger partial charge in [0.05, 0.1) is 6.61 Å². The van der Waals surface area contributed by atoms with Crippen LogP contribution in [0.5, 0.6) is 11.5 Å². The lowest BCUT2D eigenvalue weighted by atomic mass is 10.2. The van der Waals surface area contributed by atoms with E-state index in [1.165, 1.54) is 0 Å². The van der Waals surface area contributed by atoms with E-state index < -0.39 is 0 Å². The molecule has 0 radical (unpaired) electrons. The second kappa shape index (κ2) is 8.78. The van der Waals surface area contributed by atoms with Gasteiger partial charge in [-0.25, -0.2) is 0 Å². The minimum Gasteiger partial charge on any atom is -0.490 e. The number of ether oxygens (including phenoxy) is 2. The summed E-state index contributed by atoms with van der Waals surface area (Å²) >= 11 is 0. The first-order valence-corrected chi connectivity index (χ1v) is 6.46. The summed E-state index contributed by atoms with van der Waals surface area (Å²) in [4.78, 5) is 0. The van der Waals surface area contributed by atoms with E-state index in [-0.39, 0.29) is 6.61 Å². The largest absolute Gasteiger partial charge is 0.490 e. The van der Waals surface area contributed by atoms with Crippen molar-refractivity contribution >= 4 is 0 Å². The smallest absolute Gasteiger partial charge is 0.161 e. The van der Waals surface area contributed by atoms with Gasteiger partial charge in [-0.2, -0.15) is 0 Å². The van der Waals surface area contributed by atoms with Crippen molar-refractivity contribution in [2.45, 2.75) is 26.3 Å². The Morgan fingerprint density at radius 3 is 2.50 bits per heavy atom. The molecule has 0 saturated carbocycles. The summed E-state index contributed by atoms with van der Waals surface area (Å²) < 4.78 is 11.1. The Bertz CT molecular complexity index is 331. The third-order valence-electron chi connectivity index (χ3n) is 2.56. The molecule has 0 bridgehead atoms. The Balaban J connectivity index is 2.30. The number of aliphatic hydroxyl groups is 1. The van der Waals surface area contributed by atoms with E-state index in [1.807, 2.05) is 38.1 Å². The maximum absolute atomic E-state index is 8.78. The molecule has 1 aromatic carbocycles. The summed E-state index contributed by atoms with van der Waals surface area (Å²) in [6, 6.07) is 7.97. The molecule has 102 valence electrons. The molecule has 0 aromatic heterocycles. The van der Waals surface area contributed by atoms with Crippen LogP contribution in [0.15, 0.2) is 24.3 Å². The fourth-order valence-electron chi connectivity index (χ4n) is 1.61. The van der Waals surface area contributed by atoms with E-state index in [4.69, 9.17) is 14.6 Å². The van der Waals surface area contributed by atoms with Crippen LogP contribution >= 0.6 is 0 Å². The normalized spacial score (nSPS) is 12.2. The topological polar surface area (TPSA) is 50.7 Å². The summed E-state index contributed by atoms with van der Waals surface area (Å²) in [5.41, 5.74) is 0. The molecule has 1 unspecified atom stereocenters. The summed E-state index contributed by atoms with van der Waals surface area (Å²) in [7, 11) is 0. The number of hydrogen-bond acceptors (Lipinski definition) is 4. The van der Waals surface area contributed by atoms with Crippen molar-refractivity contribution in [3.63, 3.8) is 0 Å². The van der Waals surface area contributed by atoms with Crippen LogP contribution in [0.2, 0.25) is 0 Å². The molecule has 4 nitrogen and oxygen atoms in total. The van der Waals surface area contributed by atoms with Crippen molar-refractivity contribution in [2.75, 3.05) is 26.4 Å². The van der Waals surface area contributed by atoms with Crippen molar-refractivity contribution in [3.05, 3.63) is 24.3 Å². The average molecular weight is 253 g/mol. The molecule has 18 heavy (non-hydrogen) atoms. The lowest BCUT2D eigenvalue weighted by molar-refractivity contribution is 0.253. The molecule has 0 amide bonds. The van der Waals surface area contributed by atoms with Gasteiger partial charge in [0.1, 0.15) is 6.61 Å². The van der Waals surface area contributed by atoms with Crippen molar-refractivity contribution < 1.29 is 14.6 Å². The van der Waals surface area contributed by atoms with Crippen LogP contribution in [0, 0.1) is 0 Å². The van der Waals surface area contributed by atoms with Gasteiger partial charge in [-0.15, -0.1) is 0 Å². The number of para-hydroxylation sites is 2. The van der Waals surface area contributed by atoms with Crippen LogP contribution < -0.4 is 14.8 Å². The summed E-state index contributed by atoms with van der Waals surface area (Å²) in [6.45, 7) is 6.18. The first-order chi connectivity index (χ1) is 8.77. The molecule has 4 heteroatoms. The first-order valence-electron chi connectivity index (χ1n) is 6.46. The van der Waals surface area contributed by atoms with E-state index in [1.54, 1.807) is 0 Å². The zero-order valence-electron chi connectivity index (χ0n) is 11.2. The molecular formula is C14H23NO3.